The molecular weight excluding hydrogens is 217 g/mol. The van der Waals surface area contributed by atoms with E-state index in [-0.39, 0.29) is 0 Å². The Kier molecular flexibility index (Phi) is 6.85. The molecule has 10 heavy (non-hydrogen) atoms. The molecule has 0 aliphatic rings. The van der Waals surface area contributed by atoms with E-state index in [0.717, 1.165) is 5.33 Å². The Balaban J connectivity index is 0. The first-order chi connectivity index (χ1) is 4.36. The molecule has 0 aliphatic heterocycles. The third-order valence-electron chi connectivity index (χ3n) is 0.243. The zero-order valence-corrected chi connectivity index (χ0v) is 6.66. The molecule has 0 saturated heterocycles. The lowest BCUT2D eigenvalue weighted by Crippen LogP contribution is -2.21. The highest BCUT2D eigenvalue weighted by molar-refractivity contribution is 9.09. The number of aliphatic carboxylic acids is 1. The minimum absolute atomic E-state index is 1.06. The standard InChI is InChI=1S/C2H5Br.C2HF3O2/c1-2-3;3-2(4,5)1(6)7/h2H2,1H3;(H,6,7). The van der Waals surface area contributed by atoms with E-state index in [1.54, 1.807) is 0 Å². The van der Waals surface area contributed by atoms with Gasteiger partial charge in [0.1, 0.15) is 0 Å². The highest BCUT2D eigenvalue weighted by Gasteiger charge is 2.38. The maximum absolute atomic E-state index is 10.6. The summed E-state index contributed by atoms with van der Waals surface area (Å²) in [4.78, 5) is 8.90. The van der Waals surface area contributed by atoms with Crippen LogP contribution in [0.15, 0.2) is 0 Å². The summed E-state index contributed by atoms with van der Waals surface area (Å²) in [5.74, 6) is -2.76. The maximum Gasteiger partial charge on any atom is 0.490 e. The van der Waals surface area contributed by atoms with Crippen molar-refractivity contribution < 1.29 is 23.1 Å². The van der Waals surface area contributed by atoms with Gasteiger partial charge in [0.2, 0.25) is 0 Å². The van der Waals surface area contributed by atoms with Gasteiger partial charge in [-0.1, -0.05) is 22.9 Å². The number of hydrogen-bond acceptors (Lipinski definition) is 1. The van der Waals surface area contributed by atoms with Gasteiger partial charge in [0, 0.05) is 5.33 Å². The van der Waals surface area contributed by atoms with Gasteiger partial charge in [-0.05, 0) is 0 Å². The Hall–Kier alpha value is -0.260. The first-order valence-corrected chi connectivity index (χ1v) is 3.34. The van der Waals surface area contributed by atoms with Crippen molar-refractivity contribution in [3.8, 4) is 0 Å². The largest absolute Gasteiger partial charge is 0.490 e. The van der Waals surface area contributed by atoms with Gasteiger partial charge >= 0.3 is 12.1 Å². The van der Waals surface area contributed by atoms with Crippen LogP contribution in [0.1, 0.15) is 6.92 Å². The van der Waals surface area contributed by atoms with Gasteiger partial charge in [-0.15, -0.1) is 0 Å². The van der Waals surface area contributed by atoms with Gasteiger partial charge in [0.25, 0.3) is 0 Å². The topological polar surface area (TPSA) is 37.3 Å². The summed E-state index contributed by atoms with van der Waals surface area (Å²) in [6.07, 6.45) is -5.08. The molecule has 0 unspecified atom stereocenters. The van der Waals surface area contributed by atoms with E-state index in [9.17, 15) is 13.2 Å². The summed E-state index contributed by atoms with van der Waals surface area (Å²) in [5, 5.41) is 8.19. The van der Waals surface area contributed by atoms with Crippen molar-refractivity contribution in [2.24, 2.45) is 0 Å². The van der Waals surface area contributed by atoms with E-state index in [0.29, 0.717) is 0 Å². The fraction of sp³-hybridized carbons (Fsp3) is 0.750. The van der Waals surface area contributed by atoms with E-state index in [1.807, 2.05) is 6.92 Å². The Bertz CT molecular complexity index is 101. The van der Waals surface area contributed by atoms with E-state index < -0.39 is 12.1 Å². The number of rotatable bonds is 0. The highest BCUT2D eigenvalue weighted by atomic mass is 79.9. The van der Waals surface area contributed by atoms with Gasteiger partial charge in [0.15, 0.2) is 0 Å². The van der Waals surface area contributed by atoms with Gasteiger partial charge in [-0.2, -0.15) is 13.2 Å². The summed E-state index contributed by atoms with van der Waals surface area (Å²) in [6, 6.07) is 0. The molecule has 0 saturated carbocycles. The molecule has 0 aliphatic carbocycles. The van der Waals surface area contributed by atoms with Crippen LogP contribution < -0.4 is 0 Å². The van der Waals surface area contributed by atoms with E-state index >= 15 is 0 Å². The molecule has 0 bridgehead atoms. The second-order valence-electron chi connectivity index (χ2n) is 1.07. The highest BCUT2D eigenvalue weighted by Crippen LogP contribution is 2.13. The molecule has 2 nitrogen and oxygen atoms in total. The normalized spacial score (nSPS) is 9.70. The first kappa shape index (κ1) is 12.4. The summed E-state index contributed by atoms with van der Waals surface area (Å²) < 4.78 is 31.7. The third kappa shape index (κ3) is 10.7. The smallest absolute Gasteiger partial charge is 0.475 e. The molecule has 0 heterocycles. The summed E-state index contributed by atoms with van der Waals surface area (Å²) in [6.45, 7) is 2.04. The molecule has 0 aromatic carbocycles. The van der Waals surface area contributed by atoms with Gasteiger partial charge < -0.3 is 5.11 Å². The van der Waals surface area contributed by atoms with Crippen molar-refractivity contribution in [1.29, 1.82) is 0 Å². The fourth-order valence-electron chi connectivity index (χ4n) is 0. The van der Waals surface area contributed by atoms with Crippen LogP contribution in [0, 0.1) is 0 Å². The van der Waals surface area contributed by atoms with Crippen LogP contribution in [-0.2, 0) is 4.79 Å². The van der Waals surface area contributed by atoms with Gasteiger partial charge in [0.05, 0.1) is 0 Å². The quantitative estimate of drug-likeness (QED) is 0.638. The number of alkyl halides is 4. The Morgan fingerprint density at radius 2 is 1.70 bits per heavy atom. The van der Waals surface area contributed by atoms with Crippen molar-refractivity contribution in [2.75, 3.05) is 5.33 Å². The Morgan fingerprint density at radius 3 is 1.70 bits per heavy atom. The van der Waals surface area contributed by atoms with Crippen LogP contribution in [0.2, 0.25) is 0 Å². The van der Waals surface area contributed by atoms with Crippen LogP contribution in [-0.4, -0.2) is 22.6 Å². The van der Waals surface area contributed by atoms with Crippen molar-refractivity contribution in [2.45, 2.75) is 13.1 Å². The minimum atomic E-state index is -5.08. The van der Waals surface area contributed by atoms with E-state index in [4.69, 9.17) is 9.90 Å². The monoisotopic (exact) mass is 222 g/mol. The second-order valence-corrected chi connectivity index (χ2v) is 2.19. The van der Waals surface area contributed by atoms with Crippen LogP contribution >= 0.6 is 15.9 Å². The predicted molar refractivity (Wildman–Crippen MR) is 33.2 cm³/mol. The molecule has 0 radical (unpaired) electrons. The average Bonchev–Trinajstić information content (AvgIpc) is 1.64. The van der Waals surface area contributed by atoms with Crippen LogP contribution in [0.25, 0.3) is 0 Å². The molecule has 0 aromatic rings. The lowest BCUT2D eigenvalue weighted by molar-refractivity contribution is -0.192. The lowest BCUT2D eigenvalue weighted by Gasteiger charge is -1.93. The first-order valence-electron chi connectivity index (χ1n) is 2.22. The summed E-state index contributed by atoms with van der Waals surface area (Å²) >= 11 is 3.15. The van der Waals surface area contributed by atoms with Crippen molar-refractivity contribution >= 4 is 21.9 Å². The van der Waals surface area contributed by atoms with Gasteiger partial charge in [-0.25, -0.2) is 4.79 Å². The average molecular weight is 223 g/mol. The van der Waals surface area contributed by atoms with Gasteiger partial charge in [-0.3, -0.25) is 0 Å². The number of carbonyl (C=O) groups is 1. The van der Waals surface area contributed by atoms with Crippen LogP contribution in [0.5, 0.6) is 0 Å². The molecule has 62 valence electrons. The maximum atomic E-state index is 10.6. The van der Waals surface area contributed by atoms with Crippen LogP contribution in [0.4, 0.5) is 13.2 Å². The molecule has 6 heteroatoms. The molecular formula is C4H6BrF3O2. The fourth-order valence-corrected chi connectivity index (χ4v) is 0. The Labute approximate surface area is 64.2 Å². The lowest BCUT2D eigenvalue weighted by atomic mass is 10.7. The third-order valence-corrected chi connectivity index (χ3v) is 0.243. The molecule has 0 fully saturated rings. The summed E-state index contributed by atoms with van der Waals surface area (Å²) in [7, 11) is 0. The second kappa shape index (κ2) is 5.52. The summed E-state index contributed by atoms with van der Waals surface area (Å²) in [5.41, 5.74) is 0. The van der Waals surface area contributed by atoms with Crippen molar-refractivity contribution in [3.05, 3.63) is 0 Å². The van der Waals surface area contributed by atoms with Crippen LogP contribution in [0.3, 0.4) is 0 Å². The number of halogens is 4. The molecule has 0 spiro atoms. The zero-order chi connectivity index (χ0) is 8.78. The molecule has 1 N–H and O–H groups in total. The minimum Gasteiger partial charge on any atom is -0.475 e. The number of carboxylic acid groups (broad SMARTS) is 1. The van der Waals surface area contributed by atoms with E-state index in [1.165, 1.54) is 0 Å². The molecule has 0 aromatic heterocycles. The molecule has 0 atom stereocenters. The molecule has 0 amide bonds. The predicted octanol–water partition coefficient (Wildman–Crippen LogP) is 2.03. The zero-order valence-electron chi connectivity index (χ0n) is 5.07. The number of hydrogen-bond donors (Lipinski definition) is 1. The van der Waals surface area contributed by atoms with E-state index in [2.05, 4.69) is 15.9 Å². The van der Waals surface area contributed by atoms with Crippen molar-refractivity contribution in [3.63, 3.8) is 0 Å². The Morgan fingerprint density at radius 1 is 1.60 bits per heavy atom. The number of carboxylic acids is 1. The SMILES string of the molecule is CCBr.O=C(O)C(F)(F)F. The van der Waals surface area contributed by atoms with Crippen molar-refractivity contribution in [1.82, 2.24) is 0 Å². The molecule has 0 rings (SSSR count).